The molecule has 0 aliphatic carbocycles. The lowest BCUT2D eigenvalue weighted by Gasteiger charge is -2.33. The van der Waals surface area contributed by atoms with Gasteiger partial charge in [0.2, 0.25) is 11.8 Å². The molecule has 1 unspecified atom stereocenters. The lowest BCUT2D eigenvalue weighted by Crippen LogP contribution is -2.65. The number of nitrogens with one attached hydrogen (secondary N) is 2. The summed E-state index contributed by atoms with van der Waals surface area (Å²) in [7, 11) is 0. The third-order valence-corrected chi connectivity index (χ3v) is 7.74. The number of esters is 4. The highest BCUT2D eigenvalue weighted by molar-refractivity contribution is 5.92. The molecule has 19 heteroatoms. The summed E-state index contributed by atoms with van der Waals surface area (Å²) in [5.74, 6) is -3.97. The second-order valence-electron chi connectivity index (χ2n) is 18.6. The first-order valence-corrected chi connectivity index (χ1v) is 20.6. The average Bonchev–Trinajstić information content (AvgIpc) is 3.04. The Labute approximate surface area is 356 Å². The number of ether oxygens (including phenoxy) is 8. The number of carbonyl (C=O) groups is 6. The number of amides is 2. The van der Waals surface area contributed by atoms with E-state index in [0.717, 1.165) is 0 Å². The molecular weight excluding hydrogens is 786 g/mol. The summed E-state index contributed by atoms with van der Waals surface area (Å²) < 4.78 is 44.8. The van der Waals surface area contributed by atoms with Gasteiger partial charge in [0.1, 0.15) is 28.4 Å². The van der Waals surface area contributed by atoms with Crippen LogP contribution in [0.25, 0.3) is 0 Å². The molecule has 1 aliphatic rings. The van der Waals surface area contributed by atoms with E-state index in [4.69, 9.17) is 43.6 Å². The highest BCUT2D eigenvalue weighted by Crippen LogP contribution is 2.18. The fourth-order valence-electron chi connectivity index (χ4n) is 5.31. The van der Waals surface area contributed by atoms with Crippen LogP contribution >= 0.6 is 0 Å². The summed E-state index contributed by atoms with van der Waals surface area (Å²) in [5, 5.41) is 5.23. The molecule has 2 amide bonds. The van der Waals surface area contributed by atoms with Crippen molar-refractivity contribution in [3.05, 3.63) is 0 Å². The van der Waals surface area contributed by atoms with E-state index in [0.29, 0.717) is 26.2 Å². The maximum absolute atomic E-state index is 13.3. The maximum Gasteiger partial charge on any atom is 0.348 e. The molecule has 0 bridgehead atoms. The summed E-state index contributed by atoms with van der Waals surface area (Å²) in [5.41, 5.74) is 0.891. The lowest BCUT2D eigenvalue weighted by molar-refractivity contribution is -0.171. The van der Waals surface area contributed by atoms with Crippen LogP contribution < -0.4 is 16.4 Å². The first kappa shape index (κ1) is 54.6. The fraction of sp³-hybridized carbons (Fsp3) is 0.854. The molecule has 19 nitrogen and oxygen atoms in total. The van der Waals surface area contributed by atoms with Gasteiger partial charge in [-0.15, -0.1) is 0 Å². The molecule has 0 radical (unpaired) electrons. The van der Waals surface area contributed by atoms with E-state index < -0.39 is 76.2 Å². The van der Waals surface area contributed by atoms with E-state index in [-0.39, 0.29) is 78.8 Å². The van der Waals surface area contributed by atoms with E-state index >= 15 is 0 Å². The van der Waals surface area contributed by atoms with E-state index in [2.05, 4.69) is 10.6 Å². The van der Waals surface area contributed by atoms with E-state index in [9.17, 15) is 28.8 Å². The SMILES string of the molecule is CC(C)(C)OC(=O)CCC(NC(=O)CN1CCOCCOCCN(CC(=O)N[C@](N)(CC(=O)OC(C)(C)C)C(=O)OC(C)(C)C)CCOCCOCC1)C(=O)OC(C)(C)C. The molecule has 4 N–H and O–H groups in total. The topological polar surface area (TPSA) is 233 Å². The van der Waals surface area contributed by atoms with Gasteiger partial charge < -0.3 is 48.5 Å². The Balaban J connectivity index is 2.85. The number of hydrogen-bond donors (Lipinski definition) is 3. The van der Waals surface area contributed by atoms with Crippen molar-refractivity contribution in [2.45, 2.75) is 136 Å². The normalized spacial score (nSPS) is 18.4. The van der Waals surface area contributed by atoms with Crippen LogP contribution in [-0.4, -0.2) is 172 Å². The zero-order chi connectivity index (χ0) is 45.8. The molecule has 0 saturated carbocycles. The van der Waals surface area contributed by atoms with Crippen molar-refractivity contribution in [2.24, 2.45) is 5.73 Å². The standard InChI is InChI=1S/C41H75N5O14/c1-37(2,3)57-33(49)14-13-30(35(51)59-39(7,8)9)43-31(47)28-45-15-19-53-23-25-55-21-17-46(18-22-56-26-24-54-20-16-45)29-32(48)44-41(42,36(52)60-40(10,11)12)27-34(50)58-38(4,5)6/h30H,13-29,42H2,1-12H3,(H,43,47)(H,44,48)/t30?,41-/m1/s1. The van der Waals surface area contributed by atoms with Crippen LogP contribution in [-0.2, 0) is 66.7 Å². The zero-order valence-corrected chi connectivity index (χ0v) is 38.3. The second-order valence-corrected chi connectivity index (χ2v) is 18.6. The monoisotopic (exact) mass is 862 g/mol. The molecule has 1 rings (SSSR count). The predicted molar refractivity (Wildman–Crippen MR) is 220 cm³/mol. The Bertz CT molecular complexity index is 1350. The Hall–Kier alpha value is -3.46. The van der Waals surface area contributed by atoms with Crippen molar-refractivity contribution >= 4 is 35.7 Å². The Morgan fingerprint density at radius 3 is 1.33 bits per heavy atom. The summed E-state index contributed by atoms with van der Waals surface area (Å²) in [6.45, 7) is 23.5. The highest BCUT2D eigenvalue weighted by atomic mass is 16.6. The second kappa shape index (κ2) is 25.5. The van der Waals surface area contributed by atoms with Crippen LogP contribution in [0.4, 0.5) is 0 Å². The minimum absolute atomic E-state index is 0.00505. The number of nitrogens with zero attached hydrogens (tertiary/aromatic N) is 2. The van der Waals surface area contributed by atoms with E-state index in [1.807, 2.05) is 4.90 Å². The summed E-state index contributed by atoms with van der Waals surface area (Å²) >= 11 is 0. The Morgan fingerprint density at radius 2 is 0.933 bits per heavy atom. The van der Waals surface area contributed by atoms with Crippen molar-refractivity contribution < 1.29 is 66.7 Å². The molecule has 1 saturated heterocycles. The van der Waals surface area contributed by atoms with Gasteiger partial charge in [0.15, 0.2) is 5.66 Å². The van der Waals surface area contributed by atoms with Gasteiger partial charge in [-0.05, 0) is 89.5 Å². The molecule has 0 aromatic heterocycles. The molecule has 60 heavy (non-hydrogen) atoms. The smallest absolute Gasteiger partial charge is 0.348 e. The number of nitrogens with two attached hydrogens (primary N) is 1. The van der Waals surface area contributed by atoms with Crippen molar-refractivity contribution in [2.75, 3.05) is 92.1 Å². The van der Waals surface area contributed by atoms with Gasteiger partial charge >= 0.3 is 23.9 Å². The summed E-state index contributed by atoms with van der Waals surface area (Å²) in [6.07, 6.45) is -0.731. The third kappa shape index (κ3) is 27.4. The molecular formula is C41H75N5O14. The fourth-order valence-corrected chi connectivity index (χ4v) is 5.31. The van der Waals surface area contributed by atoms with Crippen molar-refractivity contribution in [3.63, 3.8) is 0 Å². The van der Waals surface area contributed by atoms with Crippen molar-refractivity contribution in [1.29, 1.82) is 0 Å². The van der Waals surface area contributed by atoms with Gasteiger partial charge in [-0.1, -0.05) is 0 Å². The maximum atomic E-state index is 13.3. The molecule has 348 valence electrons. The number of carbonyl (C=O) groups excluding carboxylic acids is 6. The molecule has 0 aromatic carbocycles. The third-order valence-electron chi connectivity index (χ3n) is 7.74. The quantitative estimate of drug-likeness (QED) is 0.135. The first-order chi connectivity index (χ1) is 27.6. The molecule has 1 fully saturated rings. The van der Waals surface area contributed by atoms with Gasteiger partial charge in [0, 0.05) is 32.6 Å². The van der Waals surface area contributed by atoms with Gasteiger partial charge in [0.05, 0.1) is 72.4 Å². The van der Waals surface area contributed by atoms with Crippen LogP contribution in [0.5, 0.6) is 0 Å². The van der Waals surface area contributed by atoms with Crippen LogP contribution in [0.2, 0.25) is 0 Å². The van der Waals surface area contributed by atoms with Crippen LogP contribution in [0, 0.1) is 0 Å². The predicted octanol–water partition coefficient (Wildman–Crippen LogP) is 1.46. The molecule has 0 aromatic rings. The summed E-state index contributed by atoms with van der Waals surface area (Å²) in [4.78, 5) is 81.5. The highest BCUT2D eigenvalue weighted by Gasteiger charge is 2.43. The van der Waals surface area contributed by atoms with Crippen LogP contribution in [0.15, 0.2) is 0 Å². The summed E-state index contributed by atoms with van der Waals surface area (Å²) in [6, 6.07) is -1.06. The van der Waals surface area contributed by atoms with Gasteiger partial charge in [0.25, 0.3) is 0 Å². The average molecular weight is 862 g/mol. The van der Waals surface area contributed by atoms with E-state index in [1.54, 1.807) is 88.0 Å². The van der Waals surface area contributed by atoms with Crippen molar-refractivity contribution in [3.8, 4) is 0 Å². The van der Waals surface area contributed by atoms with Crippen LogP contribution in [0.3, 0.4) is 0 Å². The van der Waals surface area contributed by atoms with Gasteiger partial charge in [-0.2, -0.15) is 0 Å². The van der Waals surface area contributed by atoms with Crippen molar-refractivity contribution in [1.82, 2.24) is 20.4 Å². The van der Waals surface area contributed by atoms with E-state index in [1.165, 1.54) is 0 Å². The molecule has 1 aliphatic heterocycles. The number of hydrogen-bond acceptors (Lipinski definition) is 17. The lowest BCUT2D eigenvalue weighted by atomic mass is 10.1. The molecule has 0 spiro atoms. The number of rotatable bonds is 13. The zero-order valence-electron chi connectivity index (χ0n) is 38.3. The molecule has 2 atom stereocenters. The first-order valence-electron chi connectivity index (χ1n) is 20.6. The minimum atomic E-state index is -2.18. The van der Waals surface area contributed by atoms with Crippen LogP contribution in [0.1, 0.15) is 102 Å². The Morgan fingerprint density at radius 1 is 0.550 bits per heavy atom. The minimum Gasteiger partial charge on any atom is -0.460 e. The Kier molecular flexibility index (Phi) is 23.2. The largest absolute Gasteiger partial charge is 0.460 e. The van der Waals surface area contributed by atoms with Gasteiger partial charge in [-0.3, -0.25) is 34.7 Å². The van der Waals surface area contributed by atoms with Gasteiger partial charge in [-0.25, -0.2) is 9.59 Å². The molecule has 1 heterocycles.